The first-order valence-electron chi connectivity index (χ1n) is 15.6. The Balaban J connectivity index is 1.29. The molecule has 9 rings (SSSR count). The van der Waals surface area contributed by atoms with Gasteiger partial charge in [-0.3, -0.25) is 10.1 Å². The second-order valence-corrected chi connectivity index (χ2v) is 12.9. The number of hydrogen-bond acceptors (Lipinski definition) is 11. The van der Waals surface area contributed by atoms with Gasteiger partial charge in [0.1, 0.15) is 23.1 Å². The van der Waals surface area contributed by atoms with Crippen LogP contribution < -0.4 is 20.3 Å². The molecular formula is C31H34ClFN8O4. The fraction of sp³-hybridized carbons (Fsp3) is 0.516. The van der Waals surface area contributed by atoms with Crippen LogP contribution in [0.3, 0.4) is 0 Å². The molecule has 3 aromatic heterocycles. The molecule has 14 heteroatoms. The molecule has 0 spiro atoms. The number of pyridine rings is 1. The van der Waals surface area contributed by atoms with E-state index in [1.54, 1.807) is 18.5 Å². The van der Waals surface area contributed by atoms with Crippen LogP contribution in [0, 0.1) is 17.2 Å². The number of ether oxygens (including phenoxy) is 3. The summed E-state index contributed by atoms with van der Waals surface area (Å²) in [5, 5.41) is 15.5. The zero-order valence-corrected chi connectivity index (χ0v) is 25.5. The largest absolute Gasteiger partial charge is 0.508 e. The first-order valence-corrected chi connectivity index (χ1v) is 16.0. The van der Waals surface area contributed by atoms with Crippen LogP contribution in [-0.4, -0.2) is 89.9 Å². The SMILES string of the molecule is O=C1OCCCc2c(Cl)cc3[nH]ncc3c2-c2ncc3c(nc(OCC45CCCNCC4C5)nc3c2F)N2CCNCC(C2)O1. The second-order valence-electron chi connectivity index (χ2n) is 12.5. The summed E-state index contributed by atoms with van der Waals surface area (Å²) < 4.78 is 34.4. The van der Waals surface area contributed by atoms with Gasteiger partial charge in [-0.1, -0.05) is 11.6 Å². The van der Waals surface area contributed by atoms with Crippen LogP contribution in [0.4, 0.5) is 15.0 Å². The monoisotopic (exact) mass is 636 g/mol. The topological polar surface area (TPSA) is 139 Å². The van der Waals surface area contributed by atoms with Crippen LogP contribution >= 0.6 is 11.6 Å². The number of rotatable bonds is 3. The van der Waals surface area contributed by atoms with E-state index in [0.717, 1.165) is 32.4 Å². The van der Waals surface area contributed by atoms with Crippen LogP contribution in [0.1, 0.15) is 31.2 Å². The predicted molar refractivity (Wildman–Crippen MR) is 165 cm³/mol. The molecule has 4 aliphatic heterocycles. The number of hydrogen-bond donors (Lipinski definition) is 3. The lowest BCUT2D eigenvalue weighted by Gasteiger charge is -2.26. The first-order chi connectivity index (χ1) is 22.0. The Hall–Kier alpha value is -3.81. The summed E-state index contributed by atoms with van der Waals surface area (Å²) in [6.45, 7) is 4.47. The van der Waals surface area contributed by atoms with Crippen molar-refractivity contribution in [3.05, 3.63) is 34.9 Å². The molecule has 3 unspecified atom stereocenters. The van der Waals surface area contributed by atoms with E-state index in [1.807, 2.05) is 4.90 Å². The van der Waals surface area contributed by atoms with Crippen molar-refractivity contribution in [3.8, 4) is 17.3 Å². The van der Waals surface area contributed by atoms with Crippen molar-refractivity contribution in [1.29, 1.82) is 0 Å². The van der Waals surface area contributed by atoms with Crippen molar-refractivity contribution < 1.29 is 23.4 Å². The van der Waals surface area contributed by atoms with Crippen molar-refractivity contribution in [2.75, 3.05) is 57.4 Å². The highest BCUT2D eigenvalue weighted by molar-refractivity contribution is 6.33. The highest BCUT2D eigenvalue weighted by atomic mass is 35.5. The second kappa shape index (κ2) is 11.5. The summed E-state index contributed by atoms with van der Waals surface area (Å²) in [4.78, 5) is 28.8. The van der Waals surface area contributed by atoms with E-state index in [2.05, 4.69) is 30.8 Å². The Bertz CT molecular complexity index is 1790. The minimum Gasteiger partial charge on any atom is -0.463 e. The molecule has 3 fully saturated rings. The molecule has 0 amide bonds. The highest BCUT2D eigenvalue weighted by Gasteiger charge is 2.54. The number of H-pyrrole nitrogens is 1. The standard InChI is InChI=1S/C31H34ClFN8O4/c32-22-9-23-20(14-37-40-23)24-19(22)3-1-8-43-30(42)45-18-12-35-6-7-41(15-18)28-21-13-36-27(24)25(33)26(21)38-29(39-28)44-16-31-4-2-5-34-11-17(31)10-31/h9,13-14,17-18,34-35H,1-8,10-12,15-16H2,(H,37,40). The average molecular weight is 637 g/mol. The third-order valence-corrected chi connectivity index (χ3v) is 9.99. The van der Waals surface area contributed by atoms with Crippen molar-refractivity contribution in [2.45, 2.75) is 38.2 Å². The number of aromatic amines is 1. The van der Waals surface area contributed by atoms with Crippen LogP contribution in [0.2, 0.25) is 5.02 Å². The molecule has 7 heterocycles. The van der Waals surface area contributed by atoms with Crippen molar-refractivity contribution in [1.82, 2.24) is 35.8 Å². The summed E-state index contributed by atoms with van der Waals surface area (Å²) >= 11 is 6.77. The van der Waals surface area contributed by atoms with Crippen LogP contribution in [0.25, 0.3) is 33.1 Å². The van der Waals surface area contributed by atoms with Gasteiger partial charge in [-0.25, -0.2) is 9.18 Å². The molecule has 3 atom stereocenters. The molecule has 12 nitrogen and oxygen atoms in total. The molecule has 1 aromatic carbocycles. The third kappa shape index (κ3) is 5.30. The van der Waals surface area contributed by atoms with Crippen LogP contribution in [0.15, 0.2) is 18.5 Å². The Morgan fingerprint density at radius 3 is 3.00 bits per heavy atom. The van der Waals surface area contributed by atoms with E-state index in [9.17, 15) is 4.79 Å². The lowest BCUT2D eigenvalue weighted by molar-refractivity contribution is 0.0269. The smallest absolute Gasteiger partial charge is 0.463 e. The average Bonchev–Trinajstić information content (AvgIpc) is 3.65. The predicted octanol–water partition coefficient (Wildman–Crippen LogP) is 4.01. The fourth-order valence-corrected chi connectivity index (χ4v) is 7.47. The Kier molecular flexibility index (Phi) is 7.34. The number of aromatic nitrogens is 5. The number of nitrogens with one attached hydrogen (secondary N) is 3. The molecule has 2 saturated heterocycles. The summed E-state index contributed by atoms with van der Waals surface area (Å²) in [5.74, 6) is 0.435. The lowest BCUT2D eigenvalue weighted by Crippen LogP contribution is -2.37. The molecule has 0 radical (unpaired) electrons. The van der Waals surface area contributed by atoms with Gasteiger partial charge in [0.05, 0.1) is 36.9 Å². The molecule has 5 aliphatic rings. The number of anilines is 1. The summed E-state index contributed by atoms with van der Waals surface area (Å²) in [5.41, 5.74) is 2.16. The zero-order chi connectivity index (χ0) is 30.5. The van der Waals surface area contributed by atoms with Crippen LogP contribution in [0.5, 0.6) is 6.01 Å². The Morgan fingerprint density at radius 2 is 2.07 bits per heavy atom. The Morgan fingerprint density at radius 1 is 1.16 bits per heavy atom. The maximum absolute atomic E-state index is 17.0. The molecule has 1 aliphatic carbocycles. The van der Waals surface area contributed by atoms with Gasteiger partial charge in [0, 0.05) is 47.2 Å². The molecule has 45 heavy (non-hydrogen) atoms. The number of fused-ring (bicyclic) bond motifs is 8. The number of carbonyl (C=O) groups excluding carboxylic acids is 1. The van der Waals surface area contributed by atoms with E-state index in [4.69, 9.17) is 30.8 Å². The van der Waals surface area contributed by atoms with Gasteiger partial charge in [-0.05, 0) is 62.7 Å². The van der Waals surface area contributed by atoms with E-state index in [-0.39, 0.29) is 29.2 Å². The quantitative estimate of drug-likeness (QED) is 0.281. The minimum absolute atomic E-state index is 0.0894. The first kappa shape index (κ1) is 28.6. The van der Waals surface area contributed by atoms with Gasteiger partial charge in [0.2, 0.25) is 0 Å². The van der Waals surface area contributed by atoms with Gasteiger partial charge in [-0.2, -0.15) is 15.1 Å². The molecule has 3 N–H and O–H groups in total. The van der Waals surface area contributed by atoms with E-state index >= 15 is 4.39 Å². The minimum atomic E-state index is -0.739. The normalized spacial score (nSPS) is 25.3. The summed E-state index contributed by atoms with van der Waals surface area (Å²) in [7, 11) is 0. The van der Waals surface area contributed by atoms with Crippen molar-refractivity contribution in [3.63, 3.8) is 0 Å². The van der Waals surface area contributed by atoms with E-state index in [0.29, 0.717) is 89.8 Å². The maximum atomic E-state index is 17.0. The van der Waals surface area contributed by atoms with Gasteiger partial charge < -0.3 is 29.7 Å². The Labute approximate surface area is 263 Å². The van der Waals surface area contributed by atoms with Gasteiger partial charge in [0.15, 0.2) is 5.82 Å². The molecular weight excluding hydrogens is 603 g/mol. The van der Waals surface area contributed by atoms with Crippen molar-refractivity contribution in [2.24, 2.45) is 11.3 Å². The highest BCUT2D eigenvalue weighted by Crippen LogP contribution is 2.56. The lowest BCUT2D eigenvalue weighted by atomic mass is 9.95. The number of nitrogens with zero attached hydrogens (tertiary/aromatic N) is 5. The maximum Gasteiger partial charge on any atom is 0.508 e. The molecule has 6 bridgehead atoms. The summed E-state index contributed by atoms with van der Waals surface area (Å²) in [6, 6.07) is 1.88. The molecule has 4 aromatic rings. The summed E-state index contributed by atoms with van der Waals surface area (Å²) in [6.07, 6.45) is 6.09. The van der Waals surface area contributed by atoms with Gasteiger partial charge >= 0.3 is 12.2 Å². The molecule has 1 saturated carbocycles. The number of benzene rings is 1. The van der Waals surface area contributed by atoms with Crippen LogP contribution in [-0.2, 0) is 15.9 Å². The van der Waals surface area contributed by atoms with Gasteiger partial charge in [0.25, 0.3) is 0 Å². The van der Waals surface area contributed by atoms with Gasteiger partial charge in [-0.15, -0.1) is 0 Å². The number of halogens is 2. The van der Waals surface area contributed by atoms with Crippen molar-refractivity contribution >= 4 is 45.4 Å². The fourth-order valence-electron chi connectivity index (χ4n) is 7.17. The van der Waals surface area contributed by atoms with E-state index < -0.39 is 18.1 Å². The zero-order valence-electron chi connectivity index (χ0n) is 24.7. The molecule has 236 valence electrons. The van der Waals surface area contributed by atoms with E-state index in [1.165, 1.54) is 0 Å². The number of carbonyl (C=O) groups is 1. The third-order valence-electron chi connectivity index (χ3n) is 9.65.